The van der Waals surface area contributed by atoms with Gasteiger partial charge in [0.1, 0.15) is 0 Å². The molecule has 2 unspecified atom stereocenters. The topological polar surface area (TPSA) is 95.8 Å². The van der Waals surface area contributed by atoms with E-state index in [9.17, 15) is 9.90 Å². The van der Waals surface area contributed by atoms with Gasteiger partial charge in [0.05, 0.1) is 12.7 Å². The number of rotatable bonds is 19. The van der Waals surface area contributed by atoms with Crippen LogP contribution < -0.4 is 11.5 Å². The molecule has 0 aliphatic rings. The summed E-state index contributed by atoms with van der Waals surface area (Å²) >= 11 is 0. The zero-order valence-electron chi connectivity index (χ0n) is 19.0. The second kappa shape index (κ2) is 17.2. The summed E-state index contributed by atoms with van der Waals surface area (Å²) in [5, 5.41) is 9.19. The lowest BCUT2D eigenvalue weighted by Gasteiger charge is -2.32. The molecule has 6 nitrogen and oxygen atoms in total. The number of hydrogen-bond donors (Lipinski definition) is 3. The molecular formula is C22H48N4O2. The van der Waals surface area contributed by atoms with Crippen LogP contribution in [0.25, 0.3) is 0 Å². The number of unbranched alkanes of at least 4 members (excludes halogenated alkanes) is 2. The maximum atomic E-state index is 11.2. The highest BCUT2D eigenvalue weighted by molar-refractivity contribution is 5.69. The first kappa shape index (κ1) is 27.3. The van der Waals surface area contributed by atoms with Crippen molar-refractivity contribution >= 4 is 5.97 Å². The van der Waals surface area contributed by atoms with Gasteiger partial charge in [-0.05, 0) is 24.7 Å². The van der Waals surface area contributed by atoms with Crippen molar-refractivity contribution in [3.63, 3.8) is 0 Å². The van der Waals surface area contributed by atoms with E-state index in [2.05, 4.69) is 32.6 Å². The highest BCUT2D eigenvalue weighted by Gasteiger charge is 2.19. The summed E-state index contributed by atoms with van der Waals surface area (Å²) in [7, 11) is 0. The minimum atomic E-state index is -0.823. The lowest BCUT2D eigenvalue weighted by Crippen LogP contribution is -2.48. The van der Waals surface area contributed by atoms with Crippen LogP contribution in [0.1, 0.15) is 79.1 Å². The fraction of sp³-hybridized carbons (Fsp3) is 0.955. The summed E-state index contributed by atoms with van der Waals surface area (Å²) in [6.07, 6.45) is 9.51. The summed E-state index contributed by atoms with van der Waals surface area (Å²) in [4.78, 5) is 15.6. The molecule has 0 amide bonds. The Labute approximate surface area is 174 Å². The second-order valence-electron chi connectivity index (χ2n) is 8.39. The zero-order valence-corrected chi connectivity index (χ0v) is 19.0. The zero-order chi connectivity index (χ0) is 21.4. The van der Waals surface area contributed by atoms with Crippen molar-refractivity contribution < 1.29 is 9.90 Å². The summed E-state index contributed by atoms with van der Waals surface area (Å²) in [5.74, 6) is 0.609. The number of carboxylic acids is 1. The summed E-state index contributed by atoms with van der Waals surface area (Å²) in [6.45, 7) is 13.3. The molecule has 0 spiro atoms. The normalized spacial score (nSPS) is 14.2. The van der Waals surface area contributed by atoms with Crippen LogP contribution in [-0.2, 0) is 4.79 Å². The second-order valence-corrected chi connectivity index (χ2v) is 8.39. The average molecular weight is 401 g/mol. The predicted molar refractivity (Wildman–Crippen MR) is 119 cm³/mol. The first-order valence-corrected chi connectivity index (χ1v) is 11.5. The molecule has 0 bridgehead atoms. The number of carboxylic acid groups (broad SMARTS) is 1. The van der Waals surface area contributed by atoms with Crippen molar-refractivity contribution in [1.29, 1.82) is 0 Å². The van der Waals surface area contributed by atoms with Crippen LogP contribution in [-0.4, -0.2) is 66.3 Å². The maximum absolute atomic E-state index is 11.2. The Hall–Kier alpha value is -0.690. The van der Waals surface area contributed by atoms with Crippen LogP contribution in [0.15, 0.2) is 0 Å². The molecule has 0 saturated carbocycles. The SMILES string of the molecule is CCCCC(CC)CN(CCN(CC(=O)O)CC(N)N)CC(CC)CCCC. The van der Waals surface area contributed by atoms with Gasteiger partial charge < -0.3 is 21.5 Å². The van der Waals surface area contributed by atoms with Gasteiger partial charge in [0.15, 0.2) is 0 Å². The van der Waals surface area contributed by atoms with Gasteiger partial charge in [-0.15, -0.1) is 0 Å². The average Bonchev–Trinajstić information content (AvgIpc) is 2.64. The Balaban J connectivity index is 4.97. The molecule has 0 aromatic heterocycles. The number of carbonyl (C=O) groups is 1. The smallest absolute Gasteiger partial charge is 0.317 e. The molecule has 0 aromatic rings. The standard InChI is InChI=1S/C22H48N4O2/c1-5-9-11-19(7-3)15-25(16-20(8-4)12-10-6-2)13-14-26(17-21(23)24)18-22(27)28/h19-21H,5-18,23-24H2,1-4H3,(H,27,28). The van der Waals surface area contributed by atoms with Crippen molar-refractivity contribution in [3.8, 4) is 0 Å². The summed E-state index contributed by atoms with van der Waals surface area (Å²) in [5.41, 5.74) is 11.4. The maximum Gasteiger partial charge on any atom is 0.317 e. The van der Waals surface area contributed by atoms with E-state index in [0.29, 0.717) is 24.9 Å². The Kier molecular flexibility index (Phi) is 16.8. The number of hydrogen-bond acceptors (Lipinski definition) is 5. The van der Waals surface area contributed by atoms with Crippen LogP contribution in [0.2, 0.25) is 0 Å². The minimum absolute atomic E-state index is 0.00117. The third-order valence-corrected chi connectivity index (χ3v) is 5.68. The van der Waals surface area contributed by atoms with Gasteiger partial charge in [0, 0.05) is 32.7 Å². The molecule has 6 heteroatoms. The van der Waals surface area contributed by atoms with Crippen LogP contribution in [0.5, 0.6) is 0 Å². The van der Waals surface area contributed by atoms with Gasteiger partial charge >= 0.3 is 5.97 Å². The van der Waals surface area contributed by atoms with Gasteiger partial charge in [-0.1, -0.05) is 66.2 Å². The number of nitrogens with zero attached hydrogens (tertiary/aromatic N) is 2. The third kappa shape index (κ3) is 14.3. The molecule has 5 N–H and O–H groups in total. The molecule has 0 aliphatic carbocycles. The molecule has 0 aromatic carbocycles. The Morgan fingerprint density at radius 3 is 1.64 bits per heavy atom. The largest absolute Gasteiger partial charge is 0.480 e. The molecular weight excluding hydrogens is 352 g/mol. The van der Waals surface area contributed by atoms with Crippen molar-refractivity contribution in [2.45, 2.75) is 85.2 Å². The summed E-state index contributed by atoms with van der Waals surface area (Å²) < 4.78 is 0. The third-order valence-electron chi connectivity index (χ3n) is 5.68. The van der Waals surface area contributed by atoms with E-state index >= 15 is 0 Å². The van der Waals surface area contributed by atoms with E-state index in [4.69, 9.17) is 11.5 Å². The highest BCUT2D eigenvalue weighted by Crippen LogP contribution is 2.19. The summed E-state index contributed by atoms with van der Waals surface area (Å²) in [6, 6.07) is 0. The first-order chi connectivity index (χ1) is 13.4. The fourth-order valence-corrected chi connectivity index (χ4v) is 3.83. The molecule has 0 radical (unpaired) electrons. The molecule has 0 fully saturated rings. The van der Waals surface area contributed by atoms with Gasteiger partial charge in [-0.25, -0.2) is 0 Å². The van der Waals surface area contributed by atoms with E-state index in [1.807, 2.05) is 4.90 Å². The van der Waals surface area contributed by atoms with E-state index in [1.165, 1.54) is 51.4 Å². The first-order valence-electron chi connectivity index (χ1n) is 11.5. The fourth-order valence-electron chi connectivity index (χ4n) is 3.83. The van der Waals surface area contributed by atoms with Crippen molar-refractivity contribution in [1.82, 2.24) is 9.80 Å². The Bertz CT molecular complexity index is 362. The minimum Gasteiger partial charge on any atom is -0.480 e. The molecule has 2 atom stereocenters. The molecule has 0 heterocycles. The van der Waals surface area contributed by atoms with E-state index in [1.54, 1.807) is 0 Å². The number of aliphatic carboxylic acids is 1. The van der Waals surface area contributed by atoms with E-state index < -0.39 is 12.1 Å². The highest BCUT2D eigenvalue weighted by atomic mass is 16.4. The van der Waals surface area contributed by atoms with E-state index in [0.717, 1.165) is 19.6 Å². The molecule has 0 aliphatic heterocycles. The monoisotopic (exact) mass is 400 g/mol. The van der Waals surface area contributed by atoms with Crippen LogP contribution in [0.4, 0.5) is 0 Å². The quantitative estimate of drug-likeness (QED) is 0.288. The lowest BCUT2D eigenvalue weighted by atomic mass is 9.95. The molecule has 0 rings (SSSR count). The Morgan fingerprint density at radius 2 is 1.29 bits per heavy atom. The van der Waals surface area contributed by atoms with Crippen LogP contribution in [0, 0.1) is 11.8 Å². The van der Waals surface area contributed by atoms with E-state index in [-0.39, 0.29) is 6.54 Å². The van der Waals surface area contributed by atoms with Crippen molar-refractivity contribution in [3.05, 3.63) is 0 Å². The Morgan fingerprint density at radius 1 is 0.821 bits per heavy atom. The molecule has 0 saturated heterocycles. The van der Waals surface area contributed by atoms with Crippen molar-refractivity contribution in [2.75, 3.05) is 39.3 Å². The van der Waals surface area contributed by atoms with Crippen molar-refractivity contribution in [2.24, 2.45) is 23.3 Å². The van der Waals surface area contributed by atoms with Gasteiger partial charge in [0.25, 0.3) is 0 Å². The predicted octanol–water partition coefficient (Wildman–Crippen LogP) is 3.35. The molecule has 28 heavy (non-hydrogen) atoms. The van der Waals surface area contributed by atoms with Gasteiger partial charge in [-0.2, -0.15) is 0 Å². The van der Waals surface area contributed by atoms with Gasteiger partial charge in [0.2, 0.25) is 0 Å². The lowest BCUT2D eigenvalue weighted by molar-refractivity contribution is -0.138. The van der Waals surface area contributed by atoms with Crippen LogP contribution in [0.3, 0.4) is 0 Å². The molecule has 168 valence electrons. The van der Waals surface area contributed by atoms with Gasteiger partial charge in [-0.3, -0.25) is 9.69 Å². The van der Waals surface area contributed by atoms with Crippen LogP contribution >= 0.6 is 0 Å². The number of nitrogens with two attached hydrogens (primary N) is 2.